The van der Waals surface area contributed by atoms with Gasteiger partial charge in [0.15, 0.2) is 5.78 Å². The average Bonchev–Trinajstić information content (AvgIpc) is 2.37. The van der Waals surface area contributed by atoms with E-state index in [0.29, 0.717) is 5.82 Å². The van der Waals surface area contributed by atoms with Gasteiger partial charge in [-0.15, -0.1) is 0 Å². The van der Waals surface area contributed by atoms with Crippen molar-refractivity contribution in [3.05, 3.63) is 11.9 Å². The van der Waals surface area contributed by atoms with Gasteiger partial charge < -0.3 is 15.7 Å². The minimum atomic E-state index is -1.28. The van der Waals surface area contributed by atoms with Crippen LogP contribution in [0.5, 0.6) is 0 Å². The predicted octanol–water partition coefficient (Wildman–Crippen LogP) is -0.639. The van der Waals surface area contributed by atoms with Crippen LogP contribution in [-0.4, -0.2) is 29.6 Å². The summed E-state index contributed by atoms with van der Waals surface area (Å²) in [6, 6.07) is 0. The van der Waals surface area contributed by atoms with Gasteiger partial charge in [-0.25, -0.2) is 0 Å². The van der Waals surface area contributed by atoms with Crippen LogP contribution in [-0.2, 0) is 4.79 Å². The highest BCUT2D eigenvalue weighted by Crippen LogP contribution is 2.04. The van der Waals surface area contributed by atoms with Gasteiger partial charge in [-0.2, -0.15) is 0 Å². The molecule has 0 aromatic carbocycles. The summed E-state index contributed by atoms with van der Waals surface area (Å²) in [6.45, 7) is 4.60. The molecular weight excluding hydrogens is 156 g/mol. The lowest BCUT2D eigenvalue weighted by molar-refractivity contribution is -0.128. The zero-order valence-electron chi connectivity index (χ0n) is 7.35. The summed E-state index contributed by atoms with van der Waals surface area (Å²) in [4.78, 5) is 11.2. The first-order valence-electron chi connectivity index (χ1n) is 3.96. The van der Waals surface area contributed by atoms with E-state index in [-0.39, 0.29) is 5.78 Å². The number of hydrogen-bond donors (Lipinski definition) is 3. The Bertz CT molecular complexity index is 208. The zero-order valence-corrected chi connectivity index (χ0v) is 7.35. The highest BCUT2D eigenvalue weighted by Gasteiger charge is 2.22. The molecule has 4 heteroatoms. The molecule has 1 aliphatic heterocycles. The lowest BCUT2D eigenvalue weighted by Crippen LogP contribution is -2.30. The van der Waals surface area contributed by atoms with Gasteiger partial charge in [0.1, 0.15) is 11.4 Å². The average molecular weight is 170 g/mol. The molecule has 0 aliphatic carbocycles. The molecule has 12 heavy (non-hydrogen) atoms. The first-order chi connectivity index (χ1) is 5.50. The minimum Gasteiger partial charge on any atom is -0.382 e. The molecule has 1 saturated heterocycles. The standard InChI is InChI=1S/C8H14N2O2/c1-8(2,12)6(11)5-7-9-3-4-10-7/h5,9-10,12H,3-4H2,1-2H3. The number of carbonyl (C=O) groups excluding carboxylic acids is 1. The lowest BCUT2D eigenvalue weighted by atomic mass is 10.0. The molecule has 1 fully saturated rings. The van der Waals surface area contributed by atoms with Crippen LogP contribution in [0.25, 0.3) is 0 Å². The van der Waals surface area contributed by atoms with Crippen molar-refractivity contribution >= 4 is 5.78 Å². The molecule has 4 nitrogen and oxygen atoms in total. The zero-order chi connectivity index (χ0) is 9.19. The molecule has 0 radical (unpaired) electrons. The summed E-state index contributed by atoms with van der Waals surface area (Å²) in [5, 5.41) is 15.3. The van der Waals surface area contributed by atoms with E-state index in [1.807, 2.05) is 0 Å². The van der Waals surface area contributed by atoms with Crippen molar-refractivity contribution < 1.29 is 9.90 Å². The maximum Gasteiger partial charge on any atom is 0.190 e. The van der Waals surface area contributed by atoms with Crippen LogP contribution in [0, 0.1) is 0 Å². The summed E-state index contributed by atoms with van der Waals surface area (Å²) >= 11 is 0. The fourth-order valence-electron chi connectivity index (χ4n) is 0.867. The number of ketones is 1. The van der Waals surface area contributed by atoms with Gasteiger partial charge in [0.25, 0.3) is 0 Å². The van der Waals surface area contributed by atoms with Crippen LogP contribution in [0.3, 0.4) is 0 Å². The van der Waals surface area contributed by atoms with Crippen LogP contribution >= 0.6 is 0 Å². The Labute approximate surface area is 71.7 Å². The second kappa shape index (κ2) is 3.15. The Balaban J connectivity index is 2.60. The molecule has 0 amide bonds. The molecule has 0 aromatic heterocycles. The van der Waals surface area contributed by atoms with Gasteiger partial charge >= 0.3 is 0 Å². The van der Waals surface area contributed by atoms with E-state index in [4.69, 9.17) is 0 Å². The highest BCUT2D eigenvalue weighted by atomic mass is 16.3. The molecule has 0 atom stereocenters. The molecule has 0 saturated carbocycles. The van der Waals surface area contributed by atoms with E-state index in [9.17, 15) is 9.90 Å². The third-order valence-corrected chi connectivity index (χ3v) is 1.63. The maximum atomic E-state index is 11.2. The number of rotatable bonds is 2. The SMILES string of the molecule is CC(C)(O)C(=O)C=C1NCCN1. The fraction of sp³-hybridized carbons (Fsp3) is 0.625. The van der Waals surface area contributed by atoms with Crippen LogP contribution in [0.1, 0.15) is 13.8 Å². The van der Waals surface area contributed by atoms with Crippen molar-refractivity contribution in [1.29, 1.82) is 0 Å². The van der Waals surface area contributed by atoms with Crippen LogP contribution in [0.2, 0.25) is 0 Å². The van der Waals surface area contributed by atoms with Gasteiger partial charge in [-0.1, -0.05) is 0 Å². The summed E-state index contributed by atoms with van der Waals surface area (Å²) in [5.41, 5.74) is -1.28. The maximum absolute atomic E-state index is 11.2. The molecule has 1 heterocycles. The summed E-state index contributed by atoms with van der Waals surface area (Å²) in [5.74, 6) is 0.404. The summed E-state index contributed by atoms with van der Waals surface area (Å²) in [7, 11) is 0. The monoisotopic (exact) mass is 170 g/mol. The smallest absolute Gasteiger partial charge is 0.190 e. The van der Waals surface area contributed by atoms with Crippen LogP contribution in [0.15, 0.2) is 11.9 Å². The largest absolute Gasteiger partial charge is 0.382 e. The molecular formula is C8H14N2O2. The topological polar surface area (TPSA) is 61.4 Å². The second-order valence-electron chi connectivity index (χ2n) is 3.33. The summed E-state index contributed by atoms with van der Waals surface area (Å²) < 4.78 is 0. The highest BCUT2D eigenvalue weighted by molar-refractivity contribution is 5.96. The van der Waals surface area contributed by atoms with E-state index in [2.05, 4.69) is 10.6 Å². The van der Waals surface area contributed by atoms with E-state index >= 15 is 0 Å². The van der Waals surface area contributed by atoms with E-state index in [1.54, 1.807) is 0 Å². The molecule has 1 aliphatic rings. The van der Waals surface area contributed by atoms with Crippen molar-refractivity contribution in [1.82, 2.24) is 10.6 Å². The van der Waals surface area contributed by atoms with Gasteiger partial charge in [0, 0.05) is 19.2 Å². The minimum absolute atomic E-state index is 0.292. The van der Waals surface area contributed by atoms with Crippen LogP contribution in [0.4, 0.5) is 0 Å². The third kappa shape index (κ3) is 2.23. The Morgan fingerprint density at radius 1 is 1.50 bits per heavy atom. The Hall–Kier alpha value is -1.03. The van der Waals surface area contributed by atoms with Gasteiger partial charge in [0.2, 0.25) is 0 Å². The van der Waals surface area contributed by atoms with E-state index < -0.39 is 5.60 Å². The molecule has 0 spiro atoms. The first kappa shape index (κ1) is 9.06. The number of carbonyl (C=O) groups is 1. The van der Waals surface area contributed by atoms with Gasteiger partial charge in [-0.3, -0.25) is 4.79 Å². The van der Waals surface area contributed by atoms with Crippen LogP contribution < -0.4 is 10.6 Å². The predicted molar refractivity (Wildman–Crippen MR) is 45.4 cm³/mol. The van der Waals surface area contributed by atoms with Crippen molar-refractivity contribution in [3.63, 3.8) is 0 Å². The van der Waals surface area contributed by atoms with Crippen molar-refractivity contribution in [2.45, 2.75) is 19.4 Å². The number of hydrogen-bond acceptors (Lipinski definition) is 4. The van der Waals surface area contributed by atoms with Gasteiger partial charge in [0.05, 0.1) is 0 Å². The quantitative estimate of drug-likeness (QED) is 0.482. The van der Waals surface area contributed by atoms with Crippen molar-refractivity contribution in [3.8, 4) is 0 Å². The van der Waals surface area contributed by atoms with Crippen molar-refractivity contribution in [2.24, 2.45) is 0 Å². The van der Waals surface area contributed by atoms with Crippen molar-refractivity contribution in [2.75, 3.05) is 13.1 Å². The molecule has 3 N–H and O–H groups in total. The Morgan fingerprint density at radius 2 is 2.00 bits per heavy atom. The fourth-order valence-corrected chi connectivity index (χ4v) is 0.867. The molecule has 68 valence electrons. The lowest BCUT2D eigenvalue weighted by Gasteiger charge is -2.12. The number of aliphatic hydroxyl groups is 1. The molecule has 1 rings (SSSR count). The van der Waals surface area contributed by atoms with E-state index in [1.165, 1.54) is 19.9 Å². The van der Waals surface area contributed by atoms with E-state index in [0.717, 1.165) is 13.1 Å². The van der Waals surface area contributed by atoms with Gasteiger partial charge in [-0.05, 0) is 13.8 Å². The molecule has 0 unspecified atom stereocenters. The normalized spacial score (nSPS) is 16.8. The summed E-state index contributed by atoms with van der Waals surface area (Å²) in [6.07, 6.45) is 1.40. The number of nitrogens with one attached hydrogen (secondary N) is 2. The molecule has 0 aromatic rings. The first-order valence-corrected chi connectivity index (χ1v) is 3.96. The third-order valence-electron chi connectivity index (χ3n) is 1.63. The Kier molecular flexibility index (Phi) is 2.38. The second-order valence-corrected chi connectivity index (χ2v) is 3.33. The Morgan fingerprint density at radius 3 is 2.42 bits per heavy atom. The molecule has 0 bridgehead atoms.